The van der Waals surface area contributed by atoms with Crippen molar-refractivity contribution < 1.29 is 29.3 Å². The average Bonchev–Trinajstić information content (AvgIpc) is 2.42. The summed E-state index contributed by atoms with van der Waals surface area (Å²) in [4.78, 5) is 25.4. The van der Waals surface area contributed by atoms with Gasteiger partial charge in [-0.2, -0.15) is 4.98 Å². The van der Waals surface area contributed by atoms with Crippen LogP contribution in [0.5, 0.6) is 11.8 Å². The zero-order valence-corrected chi connectivity index (χ0v) is 12.8. The van der Waals surface area contributed by atoms with E-state index >= 15 is 0 Å². The topological polar surface area (TPSA) is 106 Å². The van der Waals surface area contributed by atoms with Gasteiger partial charge in [0.05, 0.1) is 0 Å². The highest BCUT2D eigenvalue weighted by Gasteiger charge is 2.18. The Hall–Kier alpha value is -2.31. The molecule has 22 heavy (non-hydrogen) atoms. The largest absolute Gasteiger partial charge is 0.512 e. The first-order valence-electron chi connectivity index (χ1n) is 7.32. The summed E-state index contributed by atoms with van der Waals surface area (Å²) in [5.74, 6) is -0.263. The SMILES string of the molecule is CCCCc1cc(OC(=O)O)nc(OC(=O)O)c1CCCC. The molecule has 0 atom stereocenters. The lowest BCUT2D eigenvalue weighted by Gasteiger charge is -2.14. The molecule has 0 saturated heterocycles. The Morgan fingerprint density at radius 2 is 1.64 bits per heavy atom. The van der Waals surface area contributed by atoms with Gasteiger partial charge < -0.3 is 19.7 Å². The second kappa shape index (κ2) is 8.86. The Balaban J connectivity index is 3.24. The molecule has 0 saturated carbocycles. The number of ether oxygens (including phenoxy) is 2. The van der Waals surface area contributed by atoms with Crippen LogP contribution >= 0.6 is 0 Å². The van der Waals surface area contributed by atoms with Crippen molar-refractivity contribution in [3.63, 3.8) is 0 Å². The number of pyridine rings is 1. The summed E-state index contributed by atoms with van der Waals surface area (Å²) in [7, 11) is 0. The number of rotatable bonds is 8. The van der Waals surface area contributed by atoms with Crippen molar-refractivity contribution >= 4 is 12.3 Å². The van der Waals surface area contributed by atoms with Crippen LogP contribution < -0.4 is 9.47 Å². The molecule has 0 aliphatic rings. The van der Waals surface area contributed by atoms with Crippen molar-refractivity contribution in [2.75, 3.05) is 0 Å². The van der Waals surface area contributed by atoms with E-state index in [-0.39, 0.29) is 11.8 Å². The molecule has 0 radical (unpaired) electrons. The summed E-state index contributed by atoms with van der Waals surface area (Å²) >= 11 is 0. The Labute approximate surface area is 128 Å². The van der Waals surface area contributed by atoms with E-state index in [0.717, 1.165) is 31.2 Å². The molecule has 1 heterocycles. The zero-order valence-electron chi connectivity index (χ0n) is 12.8. The molecule has 1 aromatic rings. The van der Waals surface area contributed by atoms with Gasteiger partial charge in [-0.25, -0.2) is 9.59 Å². The number of unbranched alkanes of at least 4 members (excludes halogenated alkanes) is 2. The molecule has 0 spiro atoms. The van der Waals surface area contributed by atoms with Gasteiger partial charge in [0.25, 0.3) is 0 Å². The van der Waals surface area contributed by atoms with Gasteiger partial charge in [-0.3, -0.25) is 0 Å². The second-order valence-corrected chi connectivity index (χ2v) is 4.85. The zero-order chi connectivity index (χ0) is 16.5. The van der Waals surface area contributed by atoms with Gasteiger partial charge >= 0.3 is 12.3 Å². The lowest BCUT2D eigenvalue weighted by Crippen LogP contribution is -2.12. The van der Waals surface area contributed by atoms with E-state index in [4.69, 9.17) is 14.9 Å². The predicted octanol–water partition coefficient (Wildman–Crippen LogP) is 3.88. The molecular formula is C15H21NO6. The van der Waals surface area contributed by atoms with Crippen LogP contribution in [0.15, 0.2) is 6.07 Å². The third-order valence-corrected chi connectivity index (χ3v) is 3.11. The fourth-order valence-electron chi connectivity index (χ4n) is 2.09. The first kappa shape index (κ1) is 17.7. The van der Waals surface area contributed by atoms with Crippen LogP contribution in [0.1, 0.15) is 50.7 Å². The van der Waals surface area contributed by atoms with E-state index in [0.29, 0.717) is 18.4 Å². The lowest BCUT2D eigenvalue weighted by atomic mass is 9.99. The van der Waals surface area contributed by atoms with Crippen LogP contribution in [0.2, 0.25) is 0 Å². The van der Waals surface area contributed by atoms with E-state index < -0.39 is 12.3 Å². The number of carbonyl (C=O) groups is 2. The summed E-state index contributed by atoms with van der Waals surface area (Å²) in [5, 5.41) is 17.5. The van der Waals surface area contributed by atoms with Gasteiger partial charge in [-0.05, 0) is 31.2 Å². The highest BCUT2D eigenvalue weighted by molar-refractivity contribution is 5.63. The standard InChI is InChI=1S/C15H21NO6/c1-3-5-7-10-9-12(21-14(17)18)16-13(22-15(19)20)11(10)8-6-4-2/h9H,3-8H2,1-2H3,(H,17,18)(H,19,20). The maximum atomic E-state index is 10.8. The monoisotopic (exact) mass is 311 g/mol. The number of hydrogen-bond donors (Lipinski definition) is 2. The van der Waals surface area contributed by atoms with Crippen LogP contribution in [0.4, 0.5) is 9.59 Å². The highest BCUT2D eigenvalue weighted by atomic mass is 16.7. The molecule has 2 N–H and O–H groups in total. The Morgan fingerprint density at radius 3 is 2.18 bits per heavy atom. The summed E-state index contributed by atoms with van der Waals surface area (Å²) in [6.45, 7) is 4.06. The second-order valence-electron chi connectivity index (χ2n) is 4.85. The number of aromatic nitrogens is 1. The minimum absolute atomic E-state index is 0.0918. The number of aryl methyl sites for hydroxylation is 1. The van der Waals surface area contributed by atoms with Crippen molar-refractivity contribution in [1.82, 2.24) is 4.98 Å². The molecule has 1 aromatic heterocycles. The quantitative estimate of drug-likeness (QED) is 0.701. The minimum Gasteiger partial charge on any atom is -0.449 e. The van der Waals surface area contributed by atoms with E-state index in [1.54, 1.807) is 6.07 Å². The number of nitrogens with zero attached hydrogens (tertiary/aromatic N) is 1. The van der Waals surface area contributed by atoms with Gasteiger partial charge in [-0.15, -0.1) is 0 Å². The van der Waals surface area contributed by atoms with Gasteiger partial charge in [0, 0.05) is 11.6 Å². The molecule has 7 heteroatoms. The number of carboxylic acid groups (broad SMARTS) is 2. The molecular weight excluding hydrogens is 290 g/mol. The van der Waals surface area contributed by atoms with E-state index in [1.807, 2.05) is 13.8 Å². The molecule has 0 aliphatic heterocycles. The molecule has 122 valence electrons. The fraction of sp³-hybridized carbons (Fsp3) is 0.533. The molecule has 0 aliphatic carbocycles. The van der Waals surface area contributed by atoms with Crippen molar-refractivity contribution in [3.05, 3.63) is 17.2 Å². The third kappa shape index (κ3) is 5.59. The lowest BCUT2D eigenvalue weighted by molar-refractivity contribution is 0.138. The van der Waals surface area contributed by atoms with E-state index in [9.17, 15) is 9.59 Å². The Kier molecular flexibility index (Phi) is 7.15. The molecule has 0 aromatic carbocycles. The van der Waals surface area contributed by atoms with Crippen molar-refractivity contribution in [2.24, 2.45) is 0 Å². The van der Waals surface area contributed by atoms with Crippen LogP contribution in [-0.2, 0) is 12.8 Å². The first-order valence-corrected chi connectivity index (χ1v) is 7.32. The van der Waals surface area contributed by atoms with Gasteiger partial charge in [0.15, 0.2) is 0 Å². The molecule has 0 bridgehead atoms. The van der Waals surface area contributed by atoms with Crippen molar-refractivity contribution in [2.45, 2.75) is 52.4 Å². The summed E-state index contributed by atoms with van der Waals surface area (Å²) in [6, 6.07) is 1.55. The Bertz CT molecular complexity index is 529. The molecule has 0 unspecified atom stereocenters. The minimum atomic E-state index is -1.50. The Morgan fingerprint density at radius 1 is 1.05 bits per heavy atom. The molecule has 0 fully saturated rings. The van der Waals surface area contributed by atoms with Gasteiger partial charge in [0.1, 0.15) is 0 Å². The normalized spacial score (nSPS) is 10.3. The maximum Gasteiger partial charge on any atom is 0.512 e. The molecule has 1 rings (SSSR count). The smallest absolute Gasteiger partial charge is 0.449 e. The van der Waals surface area contributed by atoms with Crippen LogP contribution in [-0.4, -0.2) is 27.5 Å². The summed E-state index contributed by atoms with van der Waals surface area (Å²) in [6.07, 6.45) is 1.96. The van der Waals surface area contributed by atoms with Crippen LogP contribution in [0.3, 0.4) is 0 Å². The average molecular weight is 311 g/mol. The van der Waals surface area contributed by atoms with E-state index in [2.05, 4.69) is 9.72 Å². The third-order valence-electron chi connectivity index (χ3n) is 3.11. The number of hydrogen-bond acceptors (Lipinski definition) is 5. The molecule has 0 amide bonds. The van der Waals surface area contributed by atoms with Gasteiger partial charge in [0.2, 0.25) is 11.8 Å². The van der Waals surface area contributed by atoms with Crippen LogP contribution in [0, 0.1) is 0 Å². The van der Waals surface area contributed by atoms with Crippen LogP contribution in [0.25, 0.3) is 0 Å². The summed E-state index contributed by atoms with van der Waals surface area (Å²) in [5.41, 5.74) is 1.52. The first-order chi connectivity index (χ1) is 10.5. The van der Waals surface area contributed by atoms with Crippen molar-refractivity contribution in [3.8, 4) is 11.8 Å². The van der Waals surface area contributed by atoms with Crippen molar-refractivity contribution in [1.29, 1.82) is 0 Å². The molecule has 7 nitrogen and oxygen atoms in total. The fourth-order valence-corrected chi connectivity index (χ4v) is 2.09. The van der Waals surface area contributed by atoms with Gasteiger partial charge in [-0.1, -0.05) is 26.7 Å². The summed E-state index contributed by atoms with van der Waals surface area (Å²) < 4.78 is 9.27. The van der Waals surface area contributed by atoms with E-state index in [1.165, 1.54) is 0 Å². The highest BCUT2D eigenvalue weighted by Crippen LogP contribution is 2.28. The maximum absolute atomic E-state index is 10.8. The predicted molar refractivity (Wildman–Crippen MR) is 78.8 cm³/mol.